The summed E-state index contributed by atoms with van der Waals surface area (Å²) in [4.78, 5) is 29.0. The summed E-state index contributed by atoms with van der Waals surface area (Å²) in [6.07, 6.45) is 0.905. The fourth-order valence-electron chi connectivity index (χ4n) is 4.90. The summed E-state index contributed by atoms with van der Waals surface area (Å²) in [5.41, 5.74) is 4.72. The van der Waals surface area contributed by atoms with Crippen molar-refractivity contribution in [3.63, 3.8) is 0 Å². The Hall–Kier alpha value is -3.97. The molecule has 1 N–H and O–H groups in total. The second-order valence-electron chi connectivity index (χ2n) is 10.3. The van der Waals surface area contributed by atoms with Crippen molar-refractivity contribution < 1.29 is 18.7 Å². The van der Waals surface area contributed by atoms with Crippen molar-refractivity contribution in [3.05, 3.63) is 107 Å². The number of nitrogens with one attached hydrogen (secondary N) is 1. The molecule has 0 radical (unpaired) electrons. The number of piperazine rings is 1. The molecule has 7 heteroatoms. The molecule has 0 unspecified atom stereocenters. The molecule has 0 aliphatic carbocycles. The van der Waals surface area contributed by atoms with Crippen LogP contribution in [0.5, 0.6) is 5.75 Å². The first kappa shape index (κ1) is 28.0. The van der Waals surface area contributed by atoms with Crippen molar-refractivity contribution >= 4 is 17.5 Å². The van der Waals surface area contributed by atoms with E-state index in [4.69, 9.17) is 4.74 Å². The van der Waals surface area contributed by atoms with Crippen LogP contribution >= 0.6 is 0 Å². The van der Waals surface area contributed by atoms with Crippen LogP contribution in [0.3, 0.4) is 0 Å². The summed E-state index contributed by atoms with van der Waals surface area (Å²) < 4.78 is 20.9. The number of hydrogen-bond acceptors (Lipinski definition) is 4. The summed E-state index contributed by atoms with van der Waals surface area (Å²) in [7, 11) is 0. The molecule has 1 aliphatic heterocycles. The minimum Gasteiger partial charge on any atom is -0.484 e. The van der Waals surface area contributed by atoms with E-state index in [1.165, 1.54) is 12.1 Å². The molecule has 2 atom stereocenters. The van der Waals surface area contributed by atoms with Gasteiger partial charge in [-0.3, -0.25) is 14.5 Å². The van der Waals surface area contributed by atoms with Gasteiger partial charge in [0.15, 0.2) is 0 Å². The molecule has 6 nitrogen and oxygen atoms in total. The number of nitrogens with zero attached hydrogens (tertiary/aromatic N) is 2. The number of aryl methyl sites for hydroxylation is 3. The molecular formula is C32H36FN3O3. The SMILES string of the molecule is C=CC(=O)N1CCN(C[C@@H](Oc2ccc(C(=O)Nc3ccc(C)cc3C)cc2)c2ccc(C)c(F)c2)C[C@H]1C. The molecule has 3 aromatic rings. The first-order valence-corrected chi connectivity index (χ1v) is 13.2. The summed E-state index contributed by atoms with van der Waals surface area (Å²) >= 11 is 0. The average molecular weight is 530 g/mol. The van der Waals surface area contributed by atoms with E-state index in [-0.39, 0.29) is 23.7 Å². The Bertz CT molecular complexity index is 1360. The van der Waals surface area contributed by atoms with Crippen LogP contribution in [0.4, 0.5) is 10.1 Å². The number of ether oxygens (including phenoxy) is 1. The van der Waals surface area contributed by atoms with Crippen LogP contribution in [0.25, 0.3) is 0 Å². The molecule has 0 bridgehead atoms. The van der Waals surface area contributed by atoms with Gasteiger partial charge in [0.05, 0.1) is 0 Å². The lowest BCUT2D eigenvalue weighted by atomic mass is 10.0. The van der Waals surface area contributed by atoms with E-state index in [0.717, 1.165) is 22.4 Å². The van der Waals surface area contributed by atoms with Gasteiger partial charge >= 0.3 is 0 Å². The standard InChI is InChI=1S/C32H36FN3O3/c1-6-31(37)36-16-15-35(19-24(36)5)20-30(26-9-8-22(3)28(33)18-26)39-27-12-10-25(11-13-27)32(38)34-29-14-7-21(2)17-23(29)4/h6-14,17-18,24,30H,1,15-16,19-20H2,2-5H3,(H,34,38)/t24-,30-/m1/s1. The van der Waals surface area contributed by atoms with Gasteiger partial charge in [-0.15, -0.1) is 0 Å². The van der Waals surface area contributed by atoms with Crippen LogP contribution < -0.4 is 10.1 Å². The fourth-order valence-corrected chi connectivity index (χ4v) is 4.90. The fraction of sp³-hybridized carbons (Fsp3) is 0.312. The molecular weight excluding hydrogens is 493 g/mol. The number of carbonyl (C=O) groups excluding carboxylic acids is 2. The topological polar surface area (TPSA) is 61.9 Å². The van der Waals surface area contributed by atoms with Crippen LogP contribution in [-0.2, 0) is 4.79 Å². The van der Waals surface area contributed by atoms with Crippen molar-refractivity contribution in [1.82, 2.24) is 9.80 Å². The minimum atomic E-state index is -0.441. The molecule has 1 heterocycles. The van der Waals surface area contributed by atoms with Crippen molar-refractivity contribution in [2.45, 2.75) is 39.8 Å². The predicted octanol–water partition coefficient (Wildman–Crippen LogP) is 5.84. The highest BCUT2D eigenvalue weighted by atomic mass is 19.1. The number of carbonyl (C=O) groups is 2. The molecule has 0 saturated carbocycles. The molecule has 2 amide bonds. The summed E-state index contributed by atoms with van der Waals surface area (Å²) in [5, 5.41) is 2.96. The minimum absolute atomic E-state index is 0.0228. The molecule has 3 aromatic carbocycles. The van der Waals surface area contributed by atoms with Crippen molar-refractivity contribution in [2.75, 3.05) is 31.5 Å². The molecule has 204 valence electrons. The Balaban J connectivity index is 1.48. The van der Waals surface area contributed by atoms with Gasteiger partial charge < -0.3 is 15.0 Å². The molecule has 39 heavy (non-hydrogen) atoms. The Morgan fingerprint density at radius 1 is 1.05 bits per heavy atom. The third-order valence-electron chi connectivity index (χ3n) is 7.19. The molecule has 0 spiro atoms. The zero-order valence-corrected chi connectivity index (χ0v) is 23.0. The van der Waals surface area contributed by atoms with E-state index < -0.39 is 6.10 Å². The van der Waals surface area contributed by atoms with Crippen molar-refractivity contribution in [3.8, 4) is 5.75 Å². The van der Waals surface area contributed by atoms with E-state index in [9.17, 15) is 14.0 Å². The van der Waals surface area contributed by atoms with Gasteiger partial charge in [-0.05, 0) is 86.9 Å². The van der Waals surface area contributed by atoms with Crippen LogP contribution in [0, 0.1) is 26.6 Å². The first-order valence-electron chi connectivity index (χ1n) is 13.2. The lowest BCUT2D eigenvalue weighted by Gasteiger charge is -2.40. The van der Waals surface area contributed by atoms with Gasteiger partial charge in [0.2, 0.25) is 5.91 Å². The smallest absolute Gasteiger partial charge is 0.255 e. The van der Waals surface area contributed by atoms with Gasteiger partial charge in [0.1, 0.15) is 17.7 Å². The quantitative estimate of drug-likeness (QED) is 0.373. The number of amides is 2. The number of halogens is 1. The maximum atomic E-state index is 14.5. The number of hydrogen-bond donors (Lipinski definition) is 1. The maximum Gasteiger partial charge on any atom is 0.255 e. The van der Waals surface area contributed by atoms with Gasteiger partial charge in [0, 0.05) is 43.5 Å². The van der Waals surface area contributed by atoms with Crippen molar-refractivity contribution in [2.24, 2.45) is 0 Å². The Morgan fingerprint density at radius 2 is 1.79 bits per heavy atom. The van der Waals surface area contributed by atoms with Gasteiger partial charge in [-0.1, -0.05) is 36.4 Å². The summed E-state index contributed by atoms with van der Waals surface area (Å²) in [6, 6.07) is 18.0. The van der Waals surface area contributed by atoms with E-state index in [1.54, 1.807) is 37.3 Å². The van der Waals surface area contributed by atoms with E-state index >= 15 is 0 Å². The molecule has 4 rings (SSSR count). The highest BCUT2D eigenvalue weighted by Crippen LogP contribution is 2.27. The zero-order chi connectivity index (χ0) is 28.1. The second kappa shape index (κ2) is 12.3. The third-order valence-corrected chi connectivity index (χ3v) is 7.19. The highest BCUT2D eigenvalue weighted by molar-refractivity contribution is 6.04. The van der Waals surface area contributed by atoms with Crippen LogP contribution in [0.2, 0.25) is 0 Å². The Labute approximate surface area is 230 Å². The van der Waals surface area contributed by atoms with E-state index in [0.29, 0.717) is 43.1 Å². The molecule has 1 saturated heterocycles. The number of benzene rings is 3. The second-order valence-corrected chi connectivity index (χ2v) is 10.3. The van der Waals surface area contributed by atoms with Gasteiger partial charge in [-0.25, -0.2) is 4.39 Å². The van der Waals surface area contributed by atoms with Crippen molar-refractivity contribution in [1.29, 1.82) is 0 Å². The molecule has 1 aliphatic rings. The number of anilines is 1. The lowest BCUT2D eigenvalue weighted by molar-refractivity contribution is -0.130. The average Bonchev–Trinajstić information content (AvgIpc) is 2.91. The molecule has 1 fully saturated rings. The van der Waals surface area contributed by atoms with Crippen LogP contribution in [0.15, 0.2) is 73.3 Å². The first-order chi connectivity index (χ1) is 18.6. The third kappa shape index (κ3) is 6.92. The highest BCUT2D eigenvalue weighted by Gasteiger charge is 2.28. The Morgan fingerprint density at radius 3 is 2.44 bits per heavy atom. The van der Waals surface area contributed by atoms with Gasteiger partial charge in [-0.2, -0.15) is 0 Å². The molecule has 0 aromatic heterocycles. The Kier molecular flexibility index (Phi) is 8.82. The van der Waals surface area contributed by atoms with Crippen LogP contribution in [-0.4, -0.2) is 53.8 Å². The number of rotatable bonds is 8. The zero-order valence-electron chi connectivity index (χ0n) is 23.0. The van der Waals surface area contributed by atoms with E-state index in [1.807, 2.05) is 49.9 Å². The van der Waals surface area contributed by atoms with Gasteiger partial charge in [0.25, 0.3) is 5.91 Å². The van der Waals surface area contributed by atoms with Crippen LogP contribution in [0.1, 0.15) is 45.6 Å². The van der Waals surface area contributed by atoms with E-state index in [2.05, 4.69) is 16.8 Å². The normalized spacial score (nSPS) is 16.4. The predicted molar refractivity (Wildman–Crippen MR) is 153 cm³/mol. The monoisotopic (exact) mass is 529 g/mol. The summed E-state index contributed by atoms with van der Waals surface area (Å²) in [6.45, 7) is 13.8. The maximum absolute atomic E-state index is 14.5. The lowest BCUT2D eigenvalue weighted by Crippen LogP contribution is -2.54. The largest absolute Gasteiger partial charge is 0.484 e. The summed E-state index contributed by atoms with van der Waals surface area (Å²) in [5.74, 6) is 0.0238.